The number of carboxylic acids is 1. The van der Waals surface area contributed by atoms with E-state index in [1.807, 2.05) is 0 Å². The van der Waals surface area contributed by atoms with Crippen LogP contribution < -0.4 is 5.69 Å². The molecule has 1 N–H and O–H groups in total. The molecular formula is C15H11F7N4O3. The van der Waals surface area contributed by atoms with Crippen molar-refractivity contribution in [3.63, 3.8) is 0 Å². The summed E-state index contributed by atoms with van der Waals surface area (Å²) in [7, 11) is 0. The van der Waals surface area contributed by atoms with Gasteiger partial charge in [-0.1, -0.05) is 0 Å². The number of aryl methyl sites for hydroxylation is 1. The summed E-state index contributed by atoms with van der Waals surface area (Å²) in [6.07, 6.45) is -10.4. The number of aromatic nitrogens is 4. The Morgan fingerprint density at radius 3 is 2.45 bits per heavy atom. The third kappa shape index (κ3) is 3.70. The van der Waals surface area contributed by atoms with Crippen LogP contribution in [0.2, 0.25) is 0 Å². The number of pyridine rings is 1. The Balaban J connectivity index is 2.05. The molecule has 29 heavy (non-hydrogen) atoms. The highest BCUT2D eigenvalue weighted by atomic mass is 19.4. The van der Waals surface area contributed by atoms with E-state index in [4.69, 9.17) is 0 Å². The third-order valence-corrected chi connectivity index (χ3v) is 4.51. The van der Waals surface area contributed by atoms with Gasteiger partial charge >= 0.3 is 24.0 Å². The molecule has 0 aromatic carbocycles. The lowest BCUT2D eigenvalue weighted by Crippen LogP contribution is -2.44. The lowest BCUT2D eigenvalue weighted by Gasteiger charge is -2.30. The predicted octanol–water partition coefficient (Wildman–Crippen LogP) is 2.40. The van der Waals surface area contributed by atoms with Gasteiger partial charge in [-0.05, 0) is 12.5 Å². The van der Waals surface area contributed by atoms with E-state index in [9.17, 15) is 45.4 Å². The fourth-order valence-corrected chi connectivity index (χ4v) is 3.23. The summed E-state index contributed by atoms with van der Waals surface area (Å²) in [6.45, 7) is -0.848. The van der Waals surface area contributed by atoms with Crippen LogP contribution in [0, 0.1) is 11.7 Å². The summed E-state index contributed by atoms with van der Waals surface area (Å²) in [4.78, 5) is 26.8. The van der Waals surface area contributed by atoms with Crippen LogP contribution in [0.4, 0.5) is 30.7 Å². The van der Waals surface area contributed by atoms with E-state index in [1.54, 1.807) is 0 Å². The van der Waals surface area contributed by atoms with Gasteiger partial charge in [-0.25, -0.2) is 23.6 Å². The van der Waals surface area contributed by atoms with Gasteiger partial charge in [0, 0.05) is 18.2 Å². The predicted molar refractivity (Wildman–Crippen MR) is 79.3 cm³/mol. The van der Waals surface area contributed by atoms with E-state index in [0.717, 1.165) is 6.07 Å². The molecule has 2 unspecified atom stereocenters. The molecule has 0 amide bonds. The number of hydrogen-bond acceptors (Lipinski definition) is 4. The Kier molecular flexibility index (Phi) is 4.91. The number of carbonyl (C=O) groups is 1. The minimum atomic E-state index is -5.10. The maximum Gasteiger partial charge on any atom is 0.436 e. The van der Waals surface area contributed by atoms with Gasteiger partial charge in [0.05, 0.1) is 12.5 Å². The third-order valence-electron chi connectivity index (χ3n) is 4.51. The van der Waals surface area contributed by atoms with E-state index in [1.165, 1.54) is 0 Å². The Hall–Kier alpha value is -2.93. The number of halogens is 7. The molecule has 0 saturated carbocycles. The largest absolute Gasteiger partial charge is 0.480 e. The van der Waals surface area contributed by atoms with Gasteiger partial charge in [-0.15, -0.1) is 0 Å². The Morgan fingerprint density at radius 2 is 1.90 bits per heavy atom. The second kappa shape index (κ2) is 6.84. The Morgan fingerprint density at radius 1 is 1.24 bits per heavy atom. The molecule has 0 fully saturated rings. The molecule has 0 aliphatic carbocycles. The van der Waals surface area contributed by atoms with Crippen molar-refractivity contribution in [3.05, 3.63) is 45.6 Å². The maximum absolute atomic E-state index is 14.1. The van der Waals surface area contributed by atoms with Crippen molar-refractivity contribution in [2.45, 2.75) is 37.8 Å². The standard InChI is InChI=1S/C15H11F7N4O3/c16-9-6(3-4-23-11(9)15(20,21)22)5-25-13(29)26-8(24-25)2-1-7(14(17,18)19)10(26)12(27)28/h3-4,7,10H,1-2,5H2,(H,27,28). The first-order valence-electron chi connectivity index (χ1n) is 8.00. The van der Waals surface area contributed by atoms with Gasteiger partial charge in [0.15, 0.2) is 11.5 Å². The SMILES string of the molecule is O=C(O)C1C(C(F)(F)F)CCc2nn(Cc3ccnc(C(F)(F)F)c3F)c(=O)n21. The summed E-state index contributed by atoms with van der Waals surface area (Å²) in [5.41, 5.74) is -3.76. The molecule has 1 aliphatic rings. The van der Waals surface area contributed by atoms with Crippen molar-refractivity contribution in [2.24, 2.45) is 5.92 Å². The number of rotatable bonds is 3. The molecule has 3 heterocycles. The van der Waals surface area contributed by atoms with Crippen LogP contribution in [0.5, 0.6) is 0 Å². The van der Waals surface area contributed by atoms with Crippen molar-refractivity contribution < 1.29 is 40.6 Å². The van der Waals surface area contributed by atoms with Crippen molar-refractivity contribution in [1.29, 1.82) is 0 Å². The van der Waals surface area contributed by atoms with E-state index < -0.39 is 66.0 Å². The van der Waals surface area contributed by atoms with Crippen LogP contribution >= 0.6 is 0 Å². The average Bonchev–Trinajstić information content (AvgIpc) is 2.90. The smallest absolute Gasteiger partial charge is 0.436 e. The van der Waals surface area contributed by atoms with Gasteiger partial charge in [0.2, 0.25) is 0 Å². The quantitative estimate of drug-likeness (QED) is 0.759. The van der Waals surface area contributed by atoms with Crippen molar-refractivity contribution in [1.82, 2.24) is 19.3 Å². The molecule has 0 spiro atoms. The number of aliphatic carboxylic acids is 1. The summed E-state index contributed by atoms with van der Waals surface area (Å²) < 4.78 is 92.7. The fourth-order valence-electron chi connectivity index (χ4n) is 3.23. The van der Waals surface area contributed by atoms with Gasteiger partial charge in [-0.2, -0.15) is 31.4 Å². The van der Waals surface area contributed by atoms with E-state index in [2.05, 4.69) is 10.1 Å². The number of fused-ring (bicyclic) bond motifs is 1. The summed E-state index contributed by atoms with van der Waals surface area (Å²) in [6, 6.07) is -1.43. The number of alkyl halides is 6. The van der Waals surface area contributed by atoms with Crippen molar-refractivity contribution in [2.75, 3.05) is 0 Å². The van der Waals surface area contributed by atoms with Gasteiger partial charge in [0.1, 0.15) is 11.9 Å². The van der Waals surface area contributed by atoms with Crippen LogP contribution in [0.25, 0.3) is 0 Å². The maximum atomic E-state index is 14.1. The monoisotopic (exact) mass is 428 g/mol. The van der Waals surface area contributed by atoms with Crippen LogP contribution in [0.3, 0.4) is 0 Å². The van der Waals surface area contributed by atoms with Gasteiger partial charge in [0.25, 0.3) is 0 Å². The van der Waals surface area contributed by atoms with Gasteiger partial charge in [-0.3, -0.25) is 4.57 Å². The first-order chi connectivity index (χ1) is 13.3. The molecular weight excluding hydrogens is 417 g/mol. The van der Waals surface area contributed by atoms with Crippen LogP contribution in [0.15, 0.2) is 17.1 Å². The van der Waals surface area contributed by atoms with Crippen LogP contribution in [-0.4, -0.2) is 36.6 Å². The van der Waals surface area contributed by atoms with Crippen molar-refractivity contribution in [3.8, 4) is 0 Å². The normalized spacial score (nSPS) is 19.8. The fraction of sp³-hybridized carbons (Fsp3) is 0.467. The van der Waals surface area contributed by atoms with E-state index in [0.29, 0.717) is 15.4 Å². The average molecular weight is 428 g/mol. The summed E-state index contributed by atoms with van der Waals surface area (Å²) >= 11 is 0. The molecule has 1 aliphatic heterocycles. The topological polar surface area (TPSA) is 90.0 Å². The number of carboxylic acid groups (broad SMARTS) is 1. The molecule has 3 rings (SSSR count). The zero-order chi connectivity index (χ0) is 21.7. The molecule has 0 radical (unpaired) electrons. The lowest BCUT2D eigenvalue weighted by atomic mass is 9.90. The zero-order valence-electron chi connectivity index (χ0n) is 14.1. The minimum absolute atomic E-state index is 0.284. The molecule has 158 valence electrons. The molecule has 2 aromatic heterocycles. The second-order valence-corrected chi connectivity index (χ2v) is 6.33. The highest BCUT2D eigenvalue weighted by Crippen LogP contribution is 2.40. The number of hydrogen-bond donors (Lipinski definition) is 1. The van der Waals surface area contributed by atoms with Gasteiger partial charge < -0.3 is 5.11 Å². The lowest BCUT2D eigenvalue weighted by molar-refractivity contribution is -0.198. The molecule has 7 nitrogen and oxygen atoms in total. The molecule has 2 atom stereocenters. The van der Waals surface area contributed by atoms with E-state index >= 15 is 0 Å². The molecule has 0 saturated heterocycles. The van der Waals surface area contributed by atoms with Crippen LogP contribution in [0.1, 0.15) is 29.5 Å². The number of nitrogens with zero attached hydrogens (tertiary/aromatic N) is 4. The Bertz CT molecular complexity index is 1010. The highest BCUT2D eigenvalue weighted by molar-refractivity contribution is 5.72. The minimum Gasteiger partial charge on any atom is -0.480 e. The second-order valence-electron chi connectivity index (χ2n) is 6.33. The molecule has 2 aromatic rings. The first-order valence-corrected chi connectivity index (χ1v) is 8.00. The van der Waals surface area contributed by atoms with Crippen LogP contribution in [-0.2, 0) is 23.9 Å². The summed E-state index contributed by atoms with van der Waals surface area (Å²) in [5.74, 6) is -6.31. The molecule has 14 heteroatoms. The van der Waals surface area contributed by atoms with E-state index in [-0.39, 0.29) is 12.2 Å². The first kappa shape index (κ1) is 20.8. The highest BCUT2D eigenvalue weighted by Gasteiger charge is 2.51. The van der Waals surface area contributed by atoms with Crippen molar-refractivity contribution >= 4 is 5.97 Å². The zero-order valence-corrected chi connectivity index (χ0v) is 14.1. The summed E-state index contributed by atoms with van der Waals surface area (Å²) in [5, 5.41) is 12.9. The Labute approximate surface area is 156 Å². The molecule has 0 bridgehead atoms.